The second-order valence-corrected chi connectivity index (χ2v) is 9.92. The van der Waals surface area contributed by atoms with Crippen LogP contribution < -0.4 is 5.56 Å². The van der Waals surface area contributed by atoms with Crippen LogP contribution in [-0.2, 0) is 20.8 Å². The highest BCUT2D eigenvalue weighted by atomic mass is 16.5. The van der Waals surface area contributed by atoms with Crippen molar-refractivity contribution in [2.75, 3.05) is 26.3 Å². The molecule has 0 unspecified atom stereocenters. The fraction of sp³-hybridized carbons (Fsp3) is 0.577. The van der Waals surface area contributed by atoms with Crippen LogP contribution in [0.1, 0.15) is 61.2 Å². The van der Waals surface area contributed by atoms with Crippen molar-refractivity contribution in [1.29, 1.82) is 0 Å². The predicted octanol–water partition coefficient (Wildman–Crippen LogP) is 2.67. The standard InChI is InChI=1S/C26H34N6O4/c1-4-35-26(34)18-7-9-31(10-8-18)23(24-28-29-30-32(24)15-20-6-5-11-36-20)21-14-19-13-16(2)12-17(3)22(19)27-25(21)33/h12-14,18,20,23H,4-11,15H2,1-3H3,(H,27,33)/t20-,23-/m1/s1. The molecule has 0 bridgehead atoms. The maximum atomic E-state index is 13.5. The molecular formula is C26H34N6O4. The van der Waals surface area contributed by atoms with E-state index in [1.165, 1.54) is 0 Å². The number of hydrogen-bond acceptors (Lipinski definition) is 8. The molecule has 10 heteroatoms. The number of likely N-dealkylation sites (tertiary alicyclic amines) is 1. The minimum Gasteiger partial charge on any atom is -0.466 e. The van der Waals surface area contributed by atoms with Crippen molar-refractivity contribution in [2.45, 2.75) is 65.1 Å². The molecule has 10 nitrogen and oxygen atoms in total. The molecule has 2 aliphatic rings. The van der Waals surface area contributed by atoms with Gasteiger partial charge in [-0.05, 0) is 80.0 Å². The smallest absolute Gasteiger partial charge is 0.309 e. The number of piperidine rings is 1. The number of nitrogens with zero attached hydrogens (tertiary/aromatic N) is 5. The lowest BCUT2D eigenvalue weighted by atomic mass is 9.93. The molecule has 1 aromatic carbocycles. The van der Waals surface area contributed by atoms with Gasteiger partial charge in [-0.25, -0.2) is 4.68 Å². The number of H-pyrrole nitrogens is 1. The molecule has 2 fully saturated rings. The highest BCUT2D eigenvalue weighted by Gasteiger charge is 2.35. The number of tetrazole rings is 1. The van der Waals surface area contributed by atoms with Crippen molar-refractivity contribution in [3.05, 3.63) is 51.1 Å². The van der Waals surface area contributed by atoms with Crippen LogP contribution >= 0.6 is 0 Å². The molecule has 0 radical (unpaired) electrons. The summed E-state index contributed by atoms with van der Waals surface area (Å²) in [6.07, 6.45) is 3.36. The van der Waals surface area contributed by atoms with E-state index in [-0.39, 0.29) is 23.6 Å². The first-order valence-electron chi connectivity index (χ1n) is 12.9. The quantitative estimate of drug-likeness (QED) is 0.499. The Morgan fingerprint density at radius 2 is 2.03 bits per heavy atom. The zero-order chi connectivity index (χ0) is 25.2. The van der Waals surface area contributed by atoms with Gasteiger partial charge in [0, 0.05) is 25.3 Å². The number of hydrogen-bond donors (Lipinski definition) is 1. The topological polar surface area (TPSA) is 115 Å². The van der Waals surface area contributed by atoms with Gasteiger partial charge in [0.05, 0.1) is 30.7 Å². The Labute approximate surface area is 210 Å². The van der Waals surface area contributed by atoms with Gasteiger partial charge in [-0.3, -0.25) is 14.5 Å². The molecule has 192 valence electrons. The zero-order valence-electron chi connectivity index (χ0n) is 21.2. The Morgan fingerprint density at radius 1 is 1.22 bits per heavy atom. The Morgan fingerprint density at radius 3 is 2.75 bits per heavy atom. The average molecular weight is 495 g/mol. The van der Waals surface area contributed by atoms with Crippen molar-refractivity contribution < 1.29 is 14.3 Å². The fourth-order valence-corrected chi connectivity index (χ4v) is 5.58. The van der Waals surface area contributed by atoms with Gasteiger partial charge in [-0.1, -0.05) is 11.6 Å². The van der Waals surface area contributed by atoms with E-state index in [1.54, 1.807) is 4.68 Å². The molecule has 2 aromatic heterocycles. The van der Waals surface area contributed by atoms with Crippen LogP contribution in [0.25, 0.3) is 10.9 Å². The van der Waals surface area contributed by atoms with E-state index in [4.69, 9.17) is 9.47 Å². The molecule has 0 saturated carbocycles. The second-order valence-electron chi connectivity index (χ2n) is 9.92. The number of carbonyl (C=O) groups is 1. The number of pyridine rings is 1. The highest BCUT2D eigenvalue weighted by Crippen LogP contribution is 2.32. The number of benzene rings is 1. The number of aromatic nitrogens is 5. The Balaban J connectivity index is 1.54. The van der Waals surface area contributed by atoms with E-state index < -0.39 is 6.04 Å². The van der Waals surface area contributed by atoms with Gasteiger partial charge in [0.25, 0.3) is 5.56 Å². The molecular weight excluding hydrogens is 460 g/mol. The number of aromatic amines is 1. The van der Waals surface area contributed by atoms with Crippen LogP contribution in [0.15, 0.2) is 23.0 Å². The number of nitrogens with one attached hydrogen (secondary N) is 1. The molecule has 36 heavy (non-hydrogen) atoms. The zero-order valence-corrected chi connectivity index (χ0v) is 21.2. The maximum Gasteiger partial charge on any atom is 0.309 e. The van der Waals surface area contributed by atoms with E-state index in [9.17, 15) is 9.59 Å². The molecule has 5 rings (SSSR count). The lowest BCUT2D eigenvalue weighted by molar-refractivity contribution is -0.149. The van der Waals surface area contributed by atoms with Crippen LogP contribution in [0.3, 0.4) is 0 Å². The fourth-order valence-electron chi connectivity index (χ4n) is 5.58. The Kier molecular flexibility index (Phi) is 7.15. The molecule has 3 aromatic rings. The first-order chi connectivity index (χ1) is 17.4. The summed E-state index contributed by atoms with van der Waals surface area (Å²) in [5.74, 6) is 0.339. The van der Waals surface area contributed by atoms with E-state index in [0.717, 1.165) is 41.5 Å². The van der Waals surface area contributed by atoms with Gasteiger partial charge in [0.1, 0.15) is 6.04 Å². The van der Waals surface area contributed by atoms with Crippen molar-refractivity contribution in [3.8, 4) is 0 Å². The maximum absolute atomic E-state index is 13.5. The third kappa shape index (κ3) is 4.92. The van der Waals surface area contributed by atoms with Gasteiger partial charge in [0.2, 0.25) is 0 Å². The third-order valence-electron chi connectivity index (χ3n) is 7.34. The number of ether oxygens (including phenoxy) is 2. The van der Waals surface area contributed by atoms with Crippen molar-refractivity contribution >= 4 is 16.9 Å². The molecule has 4 heterocycles. The first-order valence-corrected chi connectivity index (χ1v) is 12.9. The summed E-state index contributed by atoms with van der Waals surface area (Å²) in [5, 5.41) is 13.6. The summed E-state index contributed by atoms with van der Waals surface area (Å²) in [6.45, 7) is 8.81. The lowest BCUT2D eigenvalue weighted by Crippen LogP contribution is -2.42. The van der Waals surface area contributed by atoms with Crippen LogP contribution in [-0.4, -0.2) is 68.5 Å². The monoisotopic (exact) mass is 494 g/mol. The average Bonchev–Trinajstić information content (AvgIpc) is 3.54. The van der Waals surface area contributed by atoms with E-state index >= 15 is 0 Å². The van der Waals surface area contributed by atoms with Crippen LogP contribution in [0.5, 0.6) is 0 Å². The lowest BCUT2D eigenvalue weighted by Gasteiger charge is -2.36. The summed E-state index contributed by atoms with van der Waals surface area (Å²) in [5.41, 5.74) is 3.45. The van der Waals surface area contributed by atoms with Gasteiger partial charge in [0.15, 0.2) is 5.82 Å². The molecule has 2 aliphatic heterocycles. The summed E-state index contributed by atoms with van der Waals surface area (Å²) in [7, 11) is 0. The number of fused-ring (bicyclic) bond motifs is 1. The summed E-state index contributed by atoms with van der Waals surface area (Å²) >= 11 is 0. The molecule has 2 saturated heterocycles. The Bertz CT molecular complexity index is 1290. The second kappa shape index (κ2) is 10.5. The summed E-state index contributed by atoms with van der Waals surface area (Å²) < 4.78 is 12.9. The highest BCUT2D eigenvalue weighted by molar-refractivity contribution is 5.83. The van der Waals surface area contributed by atoms with Crippen molar-refractivity contribution in [3.63, 3.8) is 0 Å². The number of esters is 1. The van der Waals surface area contributed by atoms with Crippen LogP contribution in [0.2, 0.25) is 0 Å². The predicted molar refractivity (Wildman–Crippen MR) is 134 cm³/mol. The van der Waals surface area contributed by atoms with Gasteiger partial charge >= 0.3 is 5.97 Å². The van der Waals surface area contributed by atoms with E-state index in [1.807, 2.05) is 19.9 Å². The summed E-state index contributed by atoms with van der Waals surface area (Å²) in [4.78, 5) is 31.2. The van der Waals surface area contributed by atoms with Crippen LogP contribution in [0.4, 0.5) is 0 Å². The molecule has 0 amide bonds. The molecule has 1 N–H and O–H groups in total. The van der Waals surface area contributed by atoms with Gasteiger partial charge in [-0.2, -0.15) is 0 Å². The van der Waals surface area contributed by atoms with Crippen LogP contribution in [0, 0.1) is 19.8 Å². The minimum atomic E-state index is -0.446. The first kappa shape index (κ1) is 24.6. The molecule has 2 atom stereocenters. The SMILES string of the molecule is CCOC(=O)C1CCN([C@H](c2cc3cc(C)cc(C)c3[nH]c2=O)c2nnnn2C[C@H]2CCCO2)CC1. The minimum absolute atomic E-state index is 0.0580. The largest absolute Gasteiger partial charge is 0.466 e. The molecule has 0 aliphatic carbocycles. The number of carbonyl (C=O) groups excluding carboxylic acids is 1. The molecule has 0 spiro atoms. The van der Waals surface area contributed by atoms with Crippen molar-refractivity contribution in [2.24, 2.45) is 5.92 Å². The summed E-state index contributed by atoms with van der Waals surface area (Å²) in [6, 6.07) is 5.68. The third-order valence-corrected chi connectivity index (χ3v) is 7.34. The Hall–Kier alpha value is -3.11. The van der Waals surface area contributed by atoms with Gasteiger partial charge in [-0.15, -0.1) is 5.10 Å². The van der Waals surface area contributed by atoms with Crippen molar-refractivity contribution in [1.82, 2.24) is 30.1 Å². The number of aryl methyl sites for hydroxylation is 2. The van der Waals surface area contributed by atoms with E-state index in [2.05, 4.69) is 44.5 Å². The number of rotatable bonds is 7. The van der Waals surface area contributed by atoms with E-state index in [0.29, 0.717) is 50.5 Å². The van der Waals surface area contributed by atoms with Gasteiger partial charge < -0.3 is 14.5 Å². The normalized spacial score (nSPS) is 20.1.